The van der Waals surface area contributed by atoms with Gasteiger partial charge in [-0.25, -0.2) is 4.79 Å². The molecule has 0 aliphatic heterocycles. The first-order chi connectivity index (χ1) is 12.0. The highest BCUT2D eigenvalue weighted by atomic mass is 32.1. The Morgan fingerprint density at radius 3 is 2.44 bits per heavy atom. The summed E-state index contributed by atoms with van der Waals surface area (Å²) < 4.78 is 5.64. The van der Waals surface area contributed by atoms with Gasteiger partial charge in [-0.15, -0.1) is 11.3 Å². The van der Waals surface area contributed by atoms with Crippen LogP contribution in [-0.4, -0.2) is 16.0 Å². The quantitative estimate of drug-likeness (QED) is 0.515. The molecule has 1 heterocycles. The molecule has 0 saturated carbocycles. The number of thiophene rings is 1. The molecule has 0 amide bonds. The van der Waals surface area contributed by atoms with Gasteiger partial charge in [-0.05, 0) is 35.9 Å². The second-order valence-electron chi connectivity index (χ2n) is 5.16. The molecule has 1 N–H and O–H groups in total. The molecule has 0 atom stereocenters. The van der Waals surface area contributed by atoms with E-state index in [1.54, 1.807) is 54.6 Å². The molecule has 0 bridgehead atoms. The number of ether oxygens (including phenoxy) is 1. The van der Waals surface area contributed by atoms with E-state index in [2.05, 4.69) is 0 Å². The fraction of sp³-hybridized carbons (Fsp3) is 0.0556. The number of carboxylic acids is 1. The van der Waals surface area contributed by atoms with Crippen LogP contribution in [0.25, 0.3) is 11.1 Å². The Morgan fingerprint density at radius 1 is 1.08 bits per heavy atom. The predicted molar refractivity (Wildman–Crippen MR) is 94.1 cm³/mol. The molecule has 0 aliphatic carbocycles. The van der Waals surface area contributed by atoms with Crippen LogP contribution < -0.4 is 4.74 Å². The monoisotopic (exact) mass is 355 g/mol. The summed E-state index contributed by atoms with van der Waals surface area (Å²) in [5.74, 6) is -0.349. The molecule has 3 rings (SSSR count). The fourth-order valence-corrected chi connectivity index (χ4v) is 3.09. The van der Waals surface area contributed by atoms with Gasteiger partial charge in [0, 0.05) is 10.9 Å². The van der Waals surface area contributed by atoms with Gasteiger partial charge in [-0.3, -0.25) is 10.1 Å². The summed E-state index contributed by atoms with van der Waals surface area (Å²) in [6.07, 6.45) is 0. The van der Waals surface area contributed by atoms with Crippen LogP contribution in [0.1, 0.15) is 14.5 Å². The van der Waals surface area contributed by atoms with Crippen molar-refractivity contribution in [1.29, 1.82) is 0 Å². The smallest absolute Gasteiger partial charge is 0.345 e. The summed E-state index contributed by atoms with van der Waals surface area (Å²) in [5, 5.41) is 20.0. The third-order valence-corrected chi connectivity index (χ3v) is 4.57. The van der Waals surface area contributed by atoms with E-state index >= 15 is 0 Å². The van der Waals surface area contributed by atoms with Crippen molar-refractivity contribution in [1.82, 2.24) is 0 Å². The van der Waals surface area contributed by atoms with Gasteiger partial charge in [0.15, 0.2) is 0 Å². The van der Waals surface area contributed by atoms with E-state index in [1.165, 1.54) is 17.4 Å². The zero-order valence-corrected chi connectivity index (χ0v) is 13.7. The van der Waals surface area contributed by atoms with Gasteiger partial charge in [-0.2, -0.15) is 0 Å². The molecule has 7 heteroatoms. The standard InChI is InChI=1S/C18H13NO5S/c20-18(21)17-10-9-14(25-17)11-24-13-7-5-12(6-8-13)15-3-1-2-4-16(15)19(22)23/h1-10H,11H2,(H,20,21). The summed E-state index contributed by atoms with van der Waals surface area (Å²) >= 11 is 1.17. The van der Waals surface area contributed by atoms with Gasteiger partial charge in [0.25, 0.3) is 5.69 Å². The van der Waals surface area contributed by atoms with Crippen LogP contribution in [-0.2, 0) is 6.61 Å². The molecular weight excluding hydrogens is 342 g/mol. The number of hydrogen-bond acceptors (Lipinski definition) is 5. The number of carboxylic acid groups (broad SMARTS) is 1. The summed E-state index contributed by atoms with van der Waals surface area (Å²) in [6.45, 7) is 0.267. The normalized spacial score (nSPS) is 10.4. The molecule has 0 spiro atoms. The van der Waals surface area contributed by atoms with Gasteiger partial charge in [0.2, 0.25) is 0 Å². The van der Waals surface area contributed by atoms with Crippen molar-refractivity contribution >= 4 is 23.0 Å². The number of nitrogens with zero attached hydrogens (tertiary/aromatic N) is 1. The summed E-state index contributed by atoms with van der Waals surface area (Å²) in [5.41, 5.74) is 1.32. The number of aromatic carboxylic acids is 1. The maximum Gasteiger partial charge on any atom is 0.345 e. The van der Waals surface area contributed by atoms with Crippen LogP contribution in [0.3, 0.4) is 0 Å². The highest BCUT2D eigenvalue weighted by Gasteiger charge is 2.14. The minimum atomic E-state index is -0.954. The number of nitro benzene ring substituents is 1. The van der Waals surface area contributed by atoms with E-state index in [9.17, 15) is 14.9 Å². The first-order valence-corrected chi connectivity index (χ1v) is 8.15. The fourth-order valence-electron chi connectivity index (χ4n) is 2.33. The largest absolute Gasteiger partial charge is 0.488 e. The lowest BCUT2D eigenvalue weighted by Gasteiger charge is -2.07. The molecule has 0 aliphatic rings. The van der Waals surface area contributed by atoms with E-state index in [0.29, 0.717) is 11.3 Å². The van der Waals surface area contributed by atoms with Crippen molar-refractivity contribution in [2.24, 2.45) is 0 Å². The van der Waals surface area contributed by atoms with Crippen molar-refractivity contribution in [3.63, 3.8) is 0 Å². The molecule has 25 heavy (non-hydrogen) atoms. The molecule has 0 fully saturated rings. The maximum atomic E-state index is 11.1. The molecule has 0 unspecified atom stereocenters. The summed E-state index contributed by atoms with van der Waals surface area (Å²) in [6, 6.07) is 16.8. The number of rotatable bonds is 6. The lowest BCUT2D eigenvalue weighted by Crippen LogP contribution is -1.94. The summed E-state index contributed by atoms with van der Waals surface area (Å²) in [7, 11) is 0. The first-order valence-electron chi connectivity index (χ1n) is 7.33. The third-order valence-electron chi connectivity index (χ3n) is 3.52. The molecule has 2 aromatic carbocycles. The SMILES string of the molecule is O=C(O)c1ccc(COc2ccc(-c3ccccc3[N+](=O)[O-])cc2)s1. The van der Waals surface area contributed by atoms with Crippen LogP contribution in [0, 0.1) is 10.1 Å². The molecule has 1 aromatic heterocycles. The van der Waals surface area contributed by atoms with Crippen LogP contribution in [0.15, 0.2) is 60.7 Å². The second-order valence-corrected chi connectivity index (χ2v) is 6.33. The predicted octanol–water partition coefficient (Wildman–Crippen LogP) is 4.60. The lowest BCUT2D eigenvalue weighted by molar-refractivity contribution is -0.384. The Kier molecular flexibility index (Phi) is 4.76. The van der Waals surface area contributed by atoms with E-state index in [-0.39, 0.29) is 17.2 Å². The van der Waals surface area contributed by atoms with Crippen LogP contribution in [0.5, 0.6) is 5.75 Å². The van der Waals surface area contributed by atoms with Crippen molar-refractivity contribution in [2.45, 2.75) is 6.61 Å². The Balaban J connectivity index is 1.72. The Bertz CT molecular complexity index is 917. The van der Waals surface area contributed by atoms with Gasteiger partial charge in [0.1, 0.15) is 17.2 Å². The van der Waals surface area contributed by atoms with E-state index < -0.39 is 10.9 Å². The topological polar surface area (TPSA) is 89.7 Å². The minimum absolute atomic E-state index is 0.0518. The molecule has 0 saturated heterocycles. The number of nitro groups is 1. The van der Waals surface area contributed by atoms with Crippen molar-refractivity contribution in [3.05, 3.63) is 80.5 Å². The zero-order chi connectivity index (χ0) is 17.8. The highest BCUT2D eigenvalue weighted by Crippen LogP contribution is 2.30. The van der Waals surface area contributed by atoms with Gasteiger partial charge in [0.05, 0.1) is 10.5 Å². The van der Waals surface area contributed by atoms with Crippen molar-refractivity contribution < 1.29 is 19.6 Å². The van der Waals surface area contributed by atoms with Gasteiger partial charge < -0.3 is 9.84 Å². The average molecular weight is 355 g/mol. The van der Waals surface area contributed by atoms with Crippen LogP contribution >= 0.6 is 11.3 Å². The second kappa shape index (κ2) is 7.14. The first kappa shape index (κ1) is 16.7. The van der Waals surface area contributed by atoms with Crippen molar-refractivity contribution in [3.8, 4) is 16.9 Å². The third kappa shape index (κ3) is 3.84. The highest BCUT2D eigenvalue weighted by molar-refractivity contribution is 7.13. The van der Waals surface area contributed by atoms with Crippen LogP contribution in [0.2, 0.25) is 0 Å². The Morgan fingerprint density at radius 2 is 1.80 bits per heavy atom. The number of carbonyl (C=O) groups is 1. The van der Waals surface area contributed by atoms with Crippen LogP contribution in [0.4, 0.5) is 5.69 Å². The number of para-hydroxylation sites is 1. The van der Waals surface area contributed by atoms with E-state index in [1.807, 2.05) is 0 Å². The molecule has 3 aromatic rings. The Hall–Kier alpha value is -3.19. The van der Waals surface area contributed by atoms with Gasteiger partial charge >= 0.3 is 5.97 Å². The molecular formula is C18H13NO5S. The number of benzene rings is 2. The van der Waals surface area contributed by atoms with E-state index in [0.717, 1.165) is 10.4 Å². The number of hydrogen-bond donors (Lipinski definition) is 1. The molecule has 126 valence electrons. The van der Waals surface area contributed by atoms with Crippen molar-refractivity contribution in [2.75, 3.05) is 0 Å². The Labute approximate surface area is 147 Å². The maximum absolute atomic E-state index is 11.1. The zero-order valence-electron chi connectivity index (χ0n) is 12.9. The minimum Gasteiger partial charge on any atom is -0.488 e. The van der Waals surface area contributed by atoms with Gasteiger partial charge in [-0.1, -0.05) is 24.3 Å². The summed E-state index contributed by atoms with van der Waals surface area (Å²) in [4.78, 5) is 22.6. The molecule has 0 radical (unpaired) electrons. The average Bonchev–Trinajstić information content (AvgIpc) is 3.10. The molecule has 6 nitrogen and oxygen atoms in total. The van der Waals surface area contributed by atoms with E-state index in [4.69, 9.17) is 9.84 Å². The lowest BCUT2D eigenvalue weighted by atomic mass is 10.0.